The molecule has 1 aliphatic heterocycles. The molecule has 0 bridgehead atoms. The van der Waals surface area contributed by atoms with Gasteiger partial charge in [-0.15, -0.1) is 0 Å². The smallest absolute Gasteiger partial charge is 0.349 e. The van der Waals surface area contributed by atoms with Gasteiger partial charge in [-0.2, -0.15) is 18.3 Å². The second kappa shape index (κ2) is 7.32. The first-order valence-corrected chi connectivity index (χ1v) is 8.15. The number of hydrogen-bond donors (Lipinski definition) is 2. The fourth-order valence-electron chi connectivity index (χ4n) is 2.78. The van der Waals surface area contributed by atoms with Crippen LogP contribution in [0.5, 0.6) is 0 Å². The number of alkyl halides is 3. The van der Waals surface area contributed by atoms with Crippen LogP contribution in [-0.2, 0) is 13.2 Å². The highest BCUT2D eigenvalue weighted by atomic mass is 19.4. The van der Waals surface area contributed by atoms with E-state index in [-0.39, 0.29) is 11.9 Å². The highest BCUT2D eigenvalue weighted by Crippen LogP contribution is 2.29. The maximum Gasteiger partial charge on any atom is 0.433 e. The lowest BCUT2D eigenvalue weighted by Crippen LogP contribution is -2.46. The molecule has 0 saturated carbocycles. The van der Waals surface area contributed by atoms with Crippen molar-refractivity contribution in [1.29, 1.82) is 0 Å². The highest BCUT2D eigenvalue weighted by molar-refractivity contribution is 5.93. The second-order valence-corrected chi connectivity index (χ2v) is 6.18. The molecule has 1 saturated heterocycles. The topological polar surface area (TPSA) is 75.1 Å². The lowest BCUT2D eigenvalue weighted by Gasteiger charge is -2.33. The van der Waals surface area contributed by atoms with Crippen molar-refractivity contribution in [3.8, 4) is 0 Å². The predicted molar refractivity (Wildman–Crippen MR) is 88.1 cm³/mol. The maximum absolute atomic E-state index is 12.7. The summed E-state index contributed by atoms with van der Waals surface area (Å²) in [7, 11) is 1.74. The fourth-order valence-corrected chi connectivity index (χ4v) is 2.78. The molecule has 1 aliphatic rings. The summed E-state index contributed by atoms with van der Waals surface area (Å²) in [5, 5.41) is 8.76. The Bertz CT molecular complexity index is 767. The summed E-state index contributed by atoms with van der Waals surface area (Å²) in [6.45, 7) is 1.20. The third-order valence-corrected chi connectivity index (χ3v) is 4.13. The minimum absolute atomic E-state index is 0.0175. The minimum atomic E-state index is -4.47. The van der Waals surface area contributed by atoms with E-state index < -0.39 is 11.9 Å². The third kappa shape index (κ3) is 4.51. The number of amides is 1. The average Bonchev–Trinajstić information content (AvgIpc) is 3.03. The Labute approximate surface area is 148 Å². The molecule has 0 radical (unpaired) electrons. The average molecular weight is 368 g/mol. The minimum Gasteiger partial charge on any atom is -0.349 e. The number of piperidine rings is 1. The van der Waals surface area contributed by atoms with Crippen molar-refractivity contribution >= 4 is 11.6 Å². The largest absolute Gasteiger partial charge is 0.433 e. The van der Waals surface area contributed by atoms with E-state index in [1.165, 1.54) is 12.3 Å². The fraction of sp³-hybridized carbons (Fsp3) is 0.438. The van der Waals surface area contributed by atoms with Crippen molar-refractivity contribution in [3.05, 3.63) is 42.0 Å². The van der Waals surface area contributed by atoms with Crippen LogP contribution in [0, 0.1) is 0 Å². The number of hydrogen-bond acceptors (Lipinski definition) is 5. The van der Waals surface area contributed by atoms with E-state index in [0.29, 0.717) is 37.2 Å². The van der Waals surface area contributed by atoms with Gasteiger partial charge in [0.2, 0.25) is 0 Å². The number of aryl methyl sites for hydroxylation is 1. The zero-order valence-corrected chi connectivity index (χ0v) is 14.1. The third-order valence-electron chi connectivity index (χ3n) is 4.13. The van der Waals surface area contributed by atoms with Crippen LogP contribution < -0.4 is 10.7 Å². The van der Waals surface area contributed by atoms with Crippen molar-refractivity contribution in [2.75, 3.05) is 18.5 Å². The number of pyridine rings is 1. The van der Waals surface area contributed by atoms with E-state index in [1.54, 1.807) is 17.9 Å². The molecule has 0 atom stereocenters. The number of carbonyl (C=O) groups is 1. The van der Waals surface area contributed by atoms with Crippen molar-refractivity contribution in [2.45, 2.75) is 25.1 Å². The normalized spacial score (nSPS) is 16.5. The van der Waals surface area contributed by atoms with E-state index >= 15 is 0 Å². The summed E-state index contributed by atoms with van der Waals surface area (Å²) < 4.78 is 39.7. The Balaban J connectivity index is 1.50. The van der Waals surface area contributed by atoms with E-state index in [2.05, 4.69) is 20.8 Å². The van der Waals surface area contributed by atoms with E-state index in [9.17, 15) is 18.0 Å². The number of anilines is 1. The Morgan fingerprint density at radius 1 is 1.31 bits per heavy atom. The molecule has 140 valence electrons. The number of rotatable bonds is 4. The summed E-state index contributed by atoms with van der Waals surface area (Å²) in [5.74, 6) is -0.173. The molecule has 1 fully saturated rings. The Morgan fingerprint density at radius 3 is 2.65 bits per heavy atom. The molecule has 7 nitrogen and oxygen atoms in total. The van der Waals surface area contributed by atoms with Crippen molar-refractivity contribution in [3.63, 3.8) is 0 Å². The predicted octanol–water partition coefficient (Wildman–Crippen LogP) is 2.06. The molecule has 0 unspecified atom stereocenters. The van der Waals surface area contributed by atoms with Gasteiger partial charge in [-0.25, -0.2) is 5.01 Å². The lowest BCUT2D eigenvalue weighted by atomic mass is 10.1. The van der Waals surface area contributed by atoms with Crippen LogP contribution in [0.4, 0.5) is 18.9 Å². The van der Waals surface area contributed by atoms with Crippen LogP contribution in [0.2, 0.25) is 0 Å². The zero-order valence-electron chi connectivity index (χ0n) is 14.1. The second-order valence-electron chi connectivity index (χ2n) is 6.18. The van der Waals surface area contributed by atoms with Crippen LogP contribution in [0.25, 0.3) is 0 Å². The number of hydrazine groups is 1. The Hall–Kier alpha value is -2.62. The number of nitrogens with one attached hydrogen (secondary N) is 2. The summed E-state index contributed by atoms with van der Waals surface area (Å²) >= 11 is 0. The van der Waals surface area contributed by atoms with E-state index in [4.69, 9.17) is 0 Å². The van der Waals surface area contributed by atoms with E-state index in [1.807, 2.05) is 5.01 Å². The van der Waals surface area contributed by atoms with Gasteiger partial charge in [0.05, 0.1) is 17.4 Å². The molecule has 0 spiro atoms. The van der Waals surface area contributed by atoms with Gasteiger partial charge in [0, 0.05) is 38.6 Å². The zero-order chi connectivity index (χ0) is 18.7. The van der Waals surface area contributed by atoms with Crippen molar-refractivity contribution in [2.24, 2.45) is 7.05 Å². The SMILES string of the molecule is Cn1cc(C(=O)NC2CCN(Nc3ccnc(C(F)(F)F)c3)CC2)cn1. The molecule has 10 heteroatoms. The molecule has 0 aliphatic carbocycles. The number of carbonyl (C=O) groups excluding carboxylic acids is 1. The van der Waals surface area contributed by atoms with Crippen LogP contribution in [0.3, 0.4) is 0 Å². The monoisotopic (exact) mass is 368 g/mol. The first-order valence-electron chi connectivity index (χ1n) is 8.15. The first kappa shape index (κ1) is 18.2. The van der Waals surface area contributed by atoms with Gasteiger partial charge in [0.15, 0.2) is 0 Å². The van der Waals surface area contributed by atoms with Crippen molar-refractivity contribution in [1.82, 2.24) is 25.1 Å². The molecule has 26 heavy (non-hydrogen) atoms. The highest BCUT2D eigenvalue weighted by Gasteiger charge is 2.32. The summed E-state index contributed by atoms with van der Waals surface area (Å²) in [6.07, 6.45) is 1.20. The molecule has 0 aromatic carbocycles. The van der Waals surface area contributed by atoms with Crippen LogP contribution in [0.1, 0.15) is 28.9 Å². The van der Waals surface area contributed by atoms with E-state index in [0.717, 1.165) is 12.3 Å². The Morgan fingerprint density at radius 2 is 2.04 bits per heavy atom. The molecule has 2 aromatic heterocycles. The summed E-state index contributed by atoms with van der Waals surface area (Å²) in [5.41, 5.74) is 2.88. The summed E-state index contributed by atoms with van der Waals surface area (Å²) in [4.78, 5) is 15.5. The standard InChI is InChI=1S/C16H19F3N6O/c1-24-10-11(9-21-24)15(26)22-12-3-6-25(7-4-12)23-13-2-5-20-14(8-13)16(17,18)19/h2,5,8-10,12H,3-4,6-7H2,1H3,(H,20,23)(H,22,26). The van der Waals surface area contributed by atoms with Gasteiger partial charge in [-0.1, -0.05) is 0 Å². The first-order chi connectivity index (χ1) is 12.3. The van der Waals surface area contributed by atoms with Gasteiger partial charge in [0.25, 0.3) is 5.91 Å². The number of halogens is 3. The lowest BCUT2D eigenvalue weighted by molar-refractivity contribution is -0.141. The number of nitrogens with zero attached hydrogens (tertiary/aromatic N) is 4. The van der Waals surface area contributed by atoms with Crippen LogP contribution >= 0.6 is 0 Å². The molecular weight excluding hydrogens is 349 g/mol. The Kier molecular flexibility index (Phi) is 5.12. The molecule has 2 N–H and O–H groups in total. The summed E-state index contributed by atoms with van der Waals surface area (Å²) in [6, 6.07) is 2.49. The van der Waals surface area contributed by atoms with Gasteiger partial charge in [-0.05, 0) is 25.0 Å². The van der Waals surface area contributed by atoms with Crippen LogP contribution in [0.15, 0.2) is 30.7 Å². The molecule has 3 rings (SSSR count). The number of aromatic nitrogens is 3. The molecule has 3 heterocycles. The van der Waals surface area contributed by atoms with Gasteiger partial charge < -0.3 is 10.7 Å². The van der Waals surface area contributed by atoms with Gasteiger partial charge in [0.1, 0.15) is 5.69 Å². The quantitative estimate of drug-likeness (QED) is 0.864. The maximum atomic E-state index is 12.7. The van der Waals surface area contributed by atoms with Crippen LogP contribution in [-0.4, -0.2) is 44.8 Å². The van der Waals surface area contributed by atoms with Gasteiger partial charge >= 0.3 is 6.18 Å². The van der Waals surface area contributed by atoms with Gasteiger partial charge in [-0.3, -0.25) is 14.5 Å². The molecule has 2 aromatic rings. The van der Waals surface area contributed by atoms with Crippen molar-refractivity contribution < 1.29 is 18.0 Å². The molecule has 1 amide bonds. The molecular formula is C16H19F3N6O.